The third kappa shape index (κ3) is 0.663. The monoisotopic (exact) mass is 141 g/mol. The molecule has 1 N–H and O–H groups in total. The molecule has 0 spiro atoms. The van der Waals surface area contributed by atoms with Gasteiger partial charge in [-0.05, 0) is 24.8 Å². The predicted octanol–water partition coefficient (Wildman–Crippen LogP) is 0.175. The van der Waals surface area contributed by atoms with Crippen LogP contribution in [-0.2, 0) is 0 Å². The van der Waals surface area contributed by atoms with Crippen LogP contribution < -0.4 is 0 Å². The standard InChI is InChI=1S/C8H15NO/c1-5-6-3-9(2)7(4-10)8(5)6/h5-8,10H,3-4H2,1-2H3/t5?,6?,7-,8?/m1/s1. The molecule has 2 heteroatoms. The van der Waals surface area contributed by atoms with E-state index in [1.54, 1.807) is 0 Å². The van der Waals surface area contributed by atoms with Gasteiger partial charge in [-0.25, -0.2) is 0 Å². The lowest BCUT2D eigenvalue weighted by molar-refractivity contribution is 0.152. The van der Waals surface area contributed by atoms with Crippen LogP contribution in [0.25, 0.3) is 0 Å². The Morgan fingerprint density at radius 2 is 2.30 bits per heavy atom. The molecule has 2 aliphatic rings. The maximum absolute atomic E-state index is 9.01. The van der Waals surface area contributed by atoms with Gasteiger partial charge in [-0.3, -0.25) is 0 Å². The van der Waals surface area contributed by atoms with Crippen LogP contribution in [0.2, 0.25) is 0 Å². The Labute approximate surface area is 61.8 Å². The lowest BCUT2D eigenvalue weighted by Crippen LogP contribution is -2.33. The van der Waals surface area contributed by atoms with E-state index in [2.05, 4.69) is 18.9 Å². The molecule has 0 aromatic carbocycles. The molecule has 1 heterocycles. The van der Waals surface area contributed by atoms with Crippen molar-refractivity contribution in [1.82, 2.24) is 4.90 Å². The molecular weight excluding hydrogens is 126 g/mol. The van der Waals surface area contributed by atoms with Gasteiger partial charge in [-0.2, -0.15) is 0 Å². The van der Waals surface area contributed by atoms with Crippen LogP contribution in [0.5, 0.6) is 0 Å². The van der Waals surface area contributed by atoms with E-state index in [4.69, 9.17) is 5.11 Å². The number of piperidine rings is 1. The second kappa shape index (κ2) is 1.95. The van der Waals surface area contributed by atoms with Gasteiger partial charge in [-0.1, -0.05) is 6.92 Å². The van der Waals surface area contributed by atoms with Gasteiger partial charge in [-0.15, -0.1) is 0 Å². The Morgan fingerprint density at radius 3 is 2.70 bits per heavy atom. The Kier molecular flexibility index (Phi) is 1.29. The van der Waals surface area contributed by atoms with Crippen LogP contribution in [0.3, 0.4) is 0 Å². The summed E-state index contributed by atoms with van der Waals surface area (Å²) in [6.07, 6.45) is 0. The second-order valence-corrected chi connectivity index (χ2v) is 3.79. The van der Waals surface area contributed by atoms with Gasteiger partial charge in [0.15, 0.2) is 0 Å². The molecule has 4 atom stereocenters. The summed E-state index contributed by atoms with van der Waals surface area (Å²) < 4.78 is 0. The van der Waals surface area contributed by atoms with E-state index >= 15 is 0 Å². The number of aliphatic hydroxyl groups is 1. The number of likely N-dealkylation sites (tertiary alicyclic amines) is 1. The highest BCUT2D eigenvalue weighted by atomic mass is 16.3. The minimum absolute atomic E-state index is 0.349. The number of aliphatic hydroxyl groups excluding tert-OH is 1. The van der Waals surface area contributed by atoms with Gasteiger partial charge in [0.2, 0.25) is 0 Å². The molecule has 0 amide bonds. The van der Waals surface area contributed by atoms with E-state index in [0.29, 0.717) is 12.6 Å². The van der Waals surface area contributed by atoms with Crippen molar-refractivity contribution in [3.8, 4) is 0 Å². The van der Waals surface area contributed by atoms with Gasteiger partial charge in [0.25, 0.3) is 0 Å². The molecule has 2 rings (SSSR count). The topological polar surface area (TPSA) is 23.5 Å². The zero-order valence-corrected chi connectivity index (χ0v) is 6.62. The minimum atomic E-state index is 0.349. The zero-order valence-electron chi connectivity index (χ0n) is 6.62. The fourth-order valence-electron chi connectivity index (χ4n) is 2.53. The van der Waals surface area contributed by atoms with Crippen molar-refractivity contribution in [1.29, 1.82) is 0 Å². The number of rotatable bonds is 1. The number of fused-ring (bicyclic) bond motifs is 1. The van der Waals surface area contributed by atoms with Gasteiger partial charge in [0.05, 0.1) is 6.61 Å². The average molecular weight is 141 g/mol. The first kappa shape index (κ1) is 6.62. The van der Waals surface area contributed by atoms with E-state index in [1.807, 2.05) is 0 Å². The Hall–Kier alpha value is -0.0800. The molecule has 1 saturated carbocycles. The van der Waals surface area contributed by atoms with Crippen LogP contribution >= 0.6 is 0 Å². The zero-order chi connectivity index (χ0) is 7.30. The summed E-state index contributed by atoms with van der Waals surface area (Å²) in [6.45, 7) is 3.85. The maximum atomic E-state index is 9.01. The third-order valence-electron chi connectivity index (χ3n) is 3.33. The first-order valence-corrected chi connectivity index (χ1v) is 4.07. The van der Waals surface area contributed by atoms with Crippen molar-refractivity contribution >= 4 is 0 Å². The molecule has 1 saturated heterocycles. The highest BCUT2D eigenvalue weighted by Gasteiger charge is 2.57. The van der Waals surface area contributed by atoms with Crippen molar-refractivity contribution in [2.24, 2.45) is 17.8 Å². The molecule has 1 aliphatic carbocycles. The summed E-state index contributed by atoms with van der Waals surface area (Å²) in [4.78, 5) is 2.29. The van der Waals surface area contributed by atoms with Crippen molar-refractivity contribution in [3.05, 3.63) is 0 Å². The van der Waals surface area contributed by atoms with Crippen molar-refractivity contribution in [3.63, 3.8) is 0 Å². The third-order valence-corrected chi connectivity index (χ3v) is 3.33. The van der Waals surface area contributed by atoms with E-state index in [9.17, 15) is 0 Å². The number of nitrogens with zero attached hydrogens (tertiary/aromatic N) is 1. The highest BCUT2D eigenvalue weighted by molar-refractivity contribution is 5.07. The fraction of sp³-hybridized carbons (Fsp3) is 1.00. The molecule has 0 aromatic rings. The minimum Gasteiger partial charge on any atom is -0.395 e. The van der Waals surface area contributed by atoms with Gasteiger partial charge in [0.1, 0.15) is 0 Å². The first-order chi connectivity index (χ1) is 4.75. The Balaban J connectivity index is 2.04. The summed E-state index contributed by atoms with van der Waals surface area (Å²) >= 11 is 0. The number of hydrogen-bond donors (Lipinski definition) is 1. The Bertz CT molecular complexity index is 148. The molecule has 10 heavy (non-hydrogen) atoms. The molecule has 2 fully saturated rings. The molecule has 3 unspecified atom stereocenters. The molecule has 0 bridgehead atoms. The van der Waals surface area contributed by atoms with Crippen LogP contribution in [0.4, 0.5) is 0 Å². The summed E-state index contributed by atoms with van der Waals surface area (Å²) in [7, 11) is 2.11. The van der Waals surface area contributed by atoms with Gasteiger partial charge in [0, 0.05) is 12.6 Å². The average Bonchev–Trinajstić information content (AvgIpc) is 2.45. The molecule has 0 radical (unpaired) electrons. The predicted molar refractivity (Wildman–Crippen MR) is 39.6 cm³/mol. The van der Waals surface area contributed by atoms with Gasteiger partial charge >= 0.3 is 0 Å². The SMILES string of the molecule is CC1C2CN(C)[C@H](CO)C12. The van der Waals surface area contributed by atoms with E-state index in [0.717, 1.165) is 17.8 Å². The Morgan fingerprint density at radius 1 is 1.60 bits per heavy atom. The van der Waals surface area contributed by atoms with Crippen molar-refractivity contribution in [2.75, 3.05) is 20.2 Å². The van der Waals surface area contributed by atoms with Crippen molar-refractivity contribution < 1.29 is 5.11 Å². The maximum Gasteiger partial charge on any atom is 0.0589 e. The molecule has 2 nitrogen and oxygen atoms in total. The lowest BCUT2D eigenvalue weighted by Gasteiger charge is -2.21. The molecule has 58 valence electrons. The van der Waals surface area contributed by atoms with Crippen LogP contribution in [0.15, 0.2) is 0 Å². The summed E-state index contributed by atoms with van der Waals surface area (Å²) in [6, 6.07) is 0.472. The van der Waals surface area contributed by atoms with E-state index < -0.39 is 0 Å². The molecular formula is C8H15NO. The highest BCUT2D eigenvalue weighted by Crippen LogP contribution is 2.54. The number of likely N-dealkylation sites (N-methyl/N-ethyl adjacent to an activating group) is 1. The summed E-state index contributed by atoms with van der Waals surface area (Å²) in [5.41, 5.74) is 0. The van der Waals surface area contributed by atoms with Crippen LogP contribution in [-0.4, -0.2) is 36.2 Å². The smallest absolute Gasteiger partial charge is 0.0589 e. The van der Waals surface area contributed by atoms with E-state index in [-0.39, 0.29) is 0 Å². The normalized spacial score (nSPS) is 53.1. The summed E-state index contributed by atoms with van der Waals surface area (Å²) in [5.74, 6) is 2.60. The lowest BCUT2D eigenvalue weighted by atomic mass is 10.2. The van der Waals surface area contributed by atoms with Crippen molar-refractivity contribution in [2.45, 2.75) is 13.0 Å². The molecule has 1 aliphatic heterocycles. The molecule has 0 aromatic heterocycles. The first-order valence-electron chi connectivity index (χ1n) is 4.07. The summed E-state index contributed by atoms with van der Waals surface area (Å²) in [5, 5.41) is 9.01. The number of hydrogen-bond acceptors (Lipinski definition) is 2. The van der Waals surface area contributed by atoms with Crippen LogP contribution in [0, 0.1) is 17.8 Å². The van der Waals surface area contributed by atoms with Gasteiger partial charge < -0.3 is 10.0 Å². The largest absolute Gasteiger partial charge is 0.395 e. The van der Waals surface area contributed by atoms with E-state index in [1.165, 1.54) is 6.54 Å². The second-order valence-electron chi connectivity index (χ2n) is 3.79. The van der Waals surface area contributed by atoms with Crippen LogP contribution in [0.1, 0.15) is 6.92 Å². The quantitative estimate of drug-likeness (QED) is 0.563. The fourth-order valence-corrected chi connectivity index (χ4v) is 2.53.